The Bertz CT molecular complexity index is 2710. The molecule has 0 aromatic carbocycles. The van der Waals surface area contributed by atoms with Crippen molar-refractivity contribution in [3.63, 3.8) is 0 Å². The van der Waals surface area contributed by atoms with E-state index in [1.54, 1.807) is 0 Å². The normalized spacial score (nSPS) is 14.8. The smallest absolute Gasteiger partial charge is 0.463 e. The zero-order valence-corrected chi connectivity index (χ0v) is 69.7. The summed E-state index contributed by atoms with van der Waals surface area (Å²) in [6.07, 6.45) is 106. The van der Waals surface area contributed by atoms with E-state index in [2.05, 4.69) is 203 Å². The van der Waals surface area contributed by atoms with Gasteiger partial charge >= 0.3 is 33.6 Å². The molecule has 109 heavy (non-hydrogen) atoms. The molecule has 0 fully saturated rings. The maximum absolute atomic E-state index is 13.0. The third kappa shape index (κ3) is 83.4. The zero-order valence-electron chi connectivity index (χ0n) is 67.9. The van der Waals surface area contributed by atoms with Gasteiger partial charge in [-0.2, -0.15) is 0 Å². The first kappa shape index (κ1) is 104. The van der Waals surface area contributed by atoms with Crippen molar-refractivity contribution in [3.05, 3.63) is 182 Å². The first-order valence-electron chi connectivity index (χ1n) is 42.1. The van der Waals surface area contributed by atoms with E-state index in [0.29, 0.717) is 19.3 Å². The highest BCUT2D eigenvalue weighted by molar-refractivity contribution is 7.47. The number of esters is 3. The van der Waals surface area contributed by atoms with Gasteiger partial charge in [-0.05, 0) is 161 Å². The highest BCUT2D eigenvalue weighted by Crippen LogP contribution is 2.45. The third-order valence-corrected chi connectivity index (χ3v) is 19.0. The topological polar surface area (TPSA) is 231 Å². The van der Waals surface area contributed by atoms with Crippen LogP contribution in [0.3, 0.4) is 0 Å². The third-order valence-electron chi connectivity index (χ3n) is 17.1. The van der Waals surface area contributed by atoms with Crippen molar-refractivity contribution >= 4 is 33.6 Å². The second-order valence-electron chi connectivity index (χ2n) is 27.5. The van der Waals surface area contributed by atoms with Gasteiger partial charge in [-0.15, -0.1) is 0 Å². The first-order chi connectivity index (χ1) is 53.2. The lowest BCUT2D eigenvalue weighted by Crippen LogP contribution is -2.30. The minimum absolute atomic E-state index is 0.0663. The fourth-order valence-electron chi connectivity index (χ4n) is 10.8. The Balaban J connectivity index is 4.75. The quantitative estimate of drug-likeness (QED) is 0.0146. The molecule has 0 saturated heterocycles. The van der Waals surface area contributed by atoms with Gasteiger partial charge in [0.15, 0.2) is 6.10 Å². The molecule has 0 aliphatic heterocycles. The van der Waals surface area contributed by atoms with E-state index >= 15 is 0 Å². The molecule has 18 heteroatoms. The monoisotopic (exact) mass is 1560 g/mol. The van der Waals surface area contributed by atoms with E-state index in [1.807, 2.05) is 0 Å². The van der Waals surface area contributed by atoms with Crippen molar-refractivity contribution in [2.75, 3.05) is 39.6 Å². The van der Waals surface area contributed by atoms with Crippen LogP contribution in [0.2, 0.25) is 0 Å². The molecule has 16 nitrogen and oxygen atoms in total. The molecular weight excluding hydrogens is 1410 g/mol. The number of carbonyl (C=O) groups is 3. The number of hydrogen-bond acceptors (Lipinski definition) is 14. The van der Waals surface area contributed by atoms with Gasteiger partial charge in [-0.3, -0.25) is 32.5 Å². The van der Waals surface area contributed by atoms with Crippen LogP contribution >= 0.6 is 15.6 Å². The van der Waals surface area contributed by atoms with E-state index in [0.717, 1.165) is 180 Å². The summed E-state index contributed by atoms with van der Waals surface area (Å²) >= 11 is 0. The number of aliphatic hydroxyl groups is 2. The number of unbranched alkanes of at least 4 members (excludes halogenated alkanes) is 25. The summed E-state index contributed by atoms with van der Waals surface area (Å²) in [7, 11) is -9.83. The molecule has 5 atom stereocenters. The molecular formula is C91H150O16P2. The average Bonchev–Trinajstić information content (AvgIpc) is 0.903. The summed E-state index contributed by atoms with van der Waals surface area (Å²) in [5, 5.41) is 20.7. The number of carbonyl (C=O) groups excluding carboxylic acids is 3. The van der Waals surface area contributed by atoms with E-state index in [4.69, 9.17) is 32.3 Å². The van der Waals surface area contributed by atoms with Gasteiger partial charge in [0.05, 0.1) is 26.4 Å². The van der Waals surface area contributed by atoms with Gasteiger partial charge in [0, 0.05) is 19.3 Å². The lowest BCUT2D eigenvalue weighted by molar-refractivity contribution is -0.161. The summed E-state index contributed by atoms with van der Waals surface area (Å²) in [5.41, 5.74) is 0. The largest absolute Gasteiger partial charge is 0.472 e. The van der Waals surface area contributed by atoms with E-state index < -0.39 is 91.5 Å². The number of rotatable bonds is 78. The maximum atomic E-state index is 13.0. The van der Waals surface area contributed by atoms with E-state index in [-0.39, 0.29) is 19.3 Å². The molecule has 5 unspecified atom stereocenters. The Labute approximate surface area is 662 Å². The minimum atomic E-state index is -4.95. The highest BCUT2D eigenvalue weighted by Gasteiger charge is 2.29. The number of hydrogen-bond donors (Lipinski definition) is 4. The second-order valence-corrected chi connectivity index (χ2v) is 30.4. The number of phosphoric ester groups is 2. The van der Waals surface area contributed by atoms with Gasteiger partial charge in [-0.25, -0.2) is 9.13 Å². The van der Waals surface area contributed by atoms with Gasteiger partial charge in [0.1, 0.15) is 25.4 Å². The molecule has 0 bridgehead atoms. The van der Waals surface area contributed by atoms with Crippen LogP contribution in [0.5, 0.6) is 0 Å². The summed E-state index contributed by atoms with van der Waals surface area (Å²) in [4.78, 5) is 58.9. The Morgan fingerprint density at radius 3 is 0.771 bits per heavy atom. The summed E-state index contributed by atoms with van der Waals surface area (Å²) in [5.74, 6) is -1.62. The molecule has 0 rings (SSSR count). The van der Waals surface area contributed by atoms with Gasteiger partial charge in [0.25, 0.3) is 0 Å². The molecule has 620 valence electrons. The standard InChI is InChI=1S/C91H150O16P2/c1-4-7-10-13-16-19-22-25-28-31-34-37-40-42-45-47-50-53-56-59-62-65-68-71-74-77-89(94)101-80-86(92)81-103-108(97,98)104-82-87(93)83-105-109(99,100)106-85-88(107-91(96)79-76-73-70-67-64-61-58-55-52-49-44-39-36-33-30-27-24-21-18-15-12-9-6-3)84-102-90(95)78-75-72-69-66-63-60-57-54-51-48-46-43-41-38-35-32-29-26-23-20-17-14-11-8-5-2/h7,9-10,12,16-21,25-30,34-39,42-43,45-46,49,52,58,61,86-88,92-93H,4-6,8,11,13-15,22-24,31-33,40-41,44,47-48,50-51,53-57,59-60,62-85H2,1-3H3,(H,97,98)(H,99,100)/b10-7-,12-9-,19-16-,20-17-,21-18-,28-25-,29-26-,30-27-,37-34-,38-35-,39-36-,45-42-,46-43-,52-49-,61-58-. The second kappa shape index (κ2) is 82.1. The molecule has 0 radical (unpaired) electrons. The molecule has 0 aliphatic carbocycles. The van der Waals surface area contributed by atoms with Crippen LogP contribution in [0, 0.1) is 0 Å². The number of aliphatic hydroxyl groups excluding tert-OH is 2. The predicted molar refractivity (Wildman–Crippen MR) is 454 cm³/mol. The van der Waals surface area contributed by atoms with Crippen LogP contribution in [0.1, 0.15) is 316 Å². The lowest BCUT2D eigenvalue weighted by Gasteiger charge is -2.21. The van der Waals surface area contributed by atoms with E-state index in [9.17, 15) is 43.5 Å². The minimum Gasteiger partial charge on any atom is -0.463 e. The fraction of sp³-hybridized carbons (Fsp3) is 0.637. The zero-order chi connectivity index (χ0) is 79.4. The van der Waals surface area contributed by atoms with Crippen LogP contribution in [0.25, 0.3) is 0 Å². The Kier molecular flexibility index (Phi) is 78.1. The molecule has 0 amide bonds. The van der Waals surface area contributed by atoms with Crippen LogP contribution in [0.4, 0.5) is 0 Å². The maximum Gasteiger partial charge on any atom is 0.472 e. The number of ether oxygens (including phenoxy) is 3. The fourth-order valence-corrected chi connectivity index (χ4v) is 12.3. The molecule has 0 heterocycles. The summed E-state index contributed by atoms with van der Waals surface area (Å²) in [6, 6.07) is 0. The van der Waals surface area contributed by atoms with Crippen molar-refractivity contribution in [3.8, 4) is 0 Å². The Hall–Kier alpha value is -5.35. The van der Waals surface area contributed by atoms with Crippen LogP contribution < -0.4 is 0 Å². The SMILES string of the molecule is CC/C=C\C/C=C\C/C=C\C/C=C\C/C=C\C/C=C\CCCCCCC(=O)OC(COC(=O)CCCCCCCCCCC/C=C\C/C=C\C/C=C\C/C=C\CCCCC)COP(=O)(O)OCC(O)COP(=O)(O)OCC(O)COC(=O)CCCCCCCCCCC/C=C\C/C=C\C/C=C\C/C=C\C/C=C\CC. The molecule has 0 aromatic heterocycles. The molecule has 0 saturated carbocycles. The molecule has 0 aliphatic rings. The van der Waals surface area contributed by atoms with Crippen molar-refractivity contribution in [2.24, 2.45) is 0 Å². The van der Waals surface area contributed by atoms with Crippen LogP contribution in [-0.4, -0.2) is 95.9 Å². The Morgan fingerprint density at radius 1 is 0.266 bits per heavy atom. The van der Waals surface area contributed by atoms with Crippen molar-refractivity contribution < 1.29 is 75.8 Å². The molecule has 4 N–H and O–H groups in total. The van der Waals surface area contributed by atoms with Gasteiger partial charge in [0.2, 0.25) is 0 Å². The summed E-state index contributed by atoms with van der Waals surface area (Å²) in [6.45, 7) is 2.39. The molecule has 0 spiro atoms. The predicted octanol–water partition coefficient (Wildman–Crippen LogP) is 25.3. The number of phosphoric acid groups is 2. The van der Waals surface area contributed by atoms with Crippen molar-refractivity contribution in [1.82, 2.24) is 0 Å². The van der Waals surface area contributed by atoms with Crippen LogP contribution in [0.15, 0.2) is 182 Å². The van der Waals surface area contributed by atoms with Gasteiger partial charge in [-0.1, -0.05) is 319 Å². The lowest BCUT2D eigenvalue weighted by atomic mass is 10.1. The number of allylic oxidation sites excluding steroid dienone is 30. The molecule has 0 aromatic rings. The van der Waals surface area contributed by atoms with E-state index in [1.165, 1.54) is 77.0 Å². The Morgan fingerprint density at radius 2 is 0.486 bits per heavy atom. The highest BCUT2D eigenvalue weighted by atomic mass is 31.2. The van der Waals surface area contributed by atoms with Crippen LogP contribution in [-0.2, 0) is 55.8 Å². The van der Waals surface area contributed by atoms with Crippen molar-refractivity contribution in [2.45, 2.75) is 334 Å². The van der Waals surface area contributed by atoms with Crippen molar-refractivity contribution in [1.29, 1.82) is 0 Å². The summed E-state index contributed by atoms with van der Waals surface area (Å²) < 4.78 is 61.3. The van der Waals surface area contributed by atoms with Gasteiger partial charge < -0.3 is 34.2 Å². The average molecular weight is 1560 g/mol. The first-order valence-corrected chi connectivity index (χ1v) is 45.1.